The first-order valence-corrected chi connectivity index (χ1v) is 7.05. The fourth-order valence-corrected chi connectivity index (χ4v) is 2.08. The van der Waals surface area contributed by atoms with Gasteiger partial charge >= 0.3 is 6.18 Å². The van der Waals surface area contributed by atoms with Crippen molar-refractivity contribution in [2.45, 2.75) is 51.4 Å². The number of nitrogens with zero attached hydrogens (tertiary/aromatic N) is 4. The average Bonchev–Trinajstić information content (AvgIpc) is 3.14. The van der Waals surface area contributed by atoms with Crippen molar-refractivity contribution < 1.29 is 13.2 Å². The smallest absolute Gasteiger partial charge is 0.365 e. The summed E-state index contributed by atoms with van der Waals surface area (Å²) in [6.07, 6.45) is 0.681. The molecule has 0 unspecified atom stereocenters. The molecule has 2 aromatic rings. The topological polar surface area (TPSA) is 55.6 Å². The van der Waals surface area contributed by atoms with E-state index in [9.17, 15) is 13.2 Å². The third-order valence-electron chi connectivity index (χ3n) is 3.39. The largest absolute Gasteiger partial charge is 0.451 e. The summed E-state index contributed by atoms with van der Waals surface area (Å²) in [4.78, 5) is 11.5. The number of aromatic nitrogens is 4. The Bertz CT molecular complexity index is 645. The maximum atomic E-state index is 13.0. The molecule has 114 valence electrons. The number of fused-ring (bicyclic) bond motifs is 1. The van der Waals surface area contributed by atoms with Gasteiger partial charge < -0.3 is 9.88 Å². The van der Waals surface area contributed by atoms with Crippen molar-refractivity contribution in [1.82, 2.24) is 19.5 Å². The highest BCUT2D eigenvalue weighted by molar-refractivity contribution is 5.83. The summed E-state index contributed by atoms with van der Waals surface area (Å²) in [6.45, 7) is 2.62. The van der Waals surface area contributed by atoms with Crippen molar-refractivity contribution in [2.75, 3.05) is 5.32 Å². The van der Waals surface area contributed by atoms with Gasteiger partial charge in [0.05, 0.1) is 6.33 Å². The molecule has 0 spiro atoms. The normalized spacial score (nSPS) is 15.6. The van der Waals surface area contributed by atoms with Crippen LogP contribution in [0.25, 0.3) is 11.2 Å². The van der Waals surface area contributed by atoms with Crippen LogP contribution >= 0.6 is 0 Å². The van der Waals surface area contributed by atoms with E-state index in [1.165, 1.54) is 6.33 Å². The standard InChI is InChI=1S/C13H16F3N5/c1-2-3-6-21-7-17-9-10(18-8-4-5-8)19-12(13(14,15)16)20-11(9)21/h7-8H,2-6H2,1H3,(H,18,19,20). The van der Waals surface area contributed by atoms with Gasteiger partial charge in [0, 0.05) is 12.6 Å². The van der Waals surface area contributed by atoms with Crippen molar-refractivity contribution >= 4 is 17.0 Å². The number of imidazole rings is 1. The molecule has 2 aromatic heterocycles. The minimum atomic E-state index is -4.56. The number of alkyl halides is 3. The summed E-state index contributed by atoms with van der Waals surface area (Å²) in [5.74, 6) is -0.929. The number of unbranched alkanes of at least 4 members (excludes halogenated alkanes) is 1. The van der Waals surface area contributed by atoms with Crippen molar-refractivity contribution in [3.05, 3.63) is 12.2 Å². The zero-order chi connectivity index (χ0) is 15.0. The highest BCUT2D eigenvalue weighted by Gasteiger charge is 2.37. The third-order valence-corrected chi connectivity index (χ3v) is 3.39. The van der Waals surface area contributed by atoms with Crippen LogP contribution in [0.5, 0.6) is 0 Å². The molecule has 1 fully saturated rings. The minimum absolute atomic E-state index is 0.185. The lowest BCUT2D eigenvalue weighted by atomic mass is 10.3. The number of anilines is 1. The van der Waals surface area contributed by atoms with E-state index in [1.54, 1.807) is 4.57 Å². The summed E-state index contributed by atoms with van der Waals surface area (Å²) >= 11 is 0. The van der Waals surface area contributed by atoms with Crippen molar-refractivity contribution in [2.24, 2.45) is 0 Å². The molecule has 1 aliphatic rings. The van der Waals surface area contributed by atoms with E-state index in [0.29, 0.717) is 12.1 Å². The van der Waals surface area contributed by atoms with Gasteiger partial charge in [0.1, 0.15) is 5.52 Å². The average molecular weight is 299 g/mol. The van der Waals surface area contributed by atoms with E-state index in [4.69, 9.17) is 0 Å². The molecule has 0 bridgehead atoms. The molecule has 0 saturated heterocycles. The van der Waals surface area contributed by atoms with Gasteiger partial charge in [-0.3, -0.25) is 0 Å². The molecule has 8 heteroatoms. The number of halogens is 3. The molecule has 0 amide bonds. The molecule has 0 aliphatic heterocycles. The maximum Gasteiger partial charge on any atom is 0.451 e. The lowest BCUT2D eigenvalue weighted by molar-refractivity contribution is -0.144. The van der Waals surface area contributed by atoms with E-state index >= 15 is 0 Å². The number of hydrogen-bond acceptors (Lipinski definition) is 4. The minimum Gasteiger partial charge on any atom is -0.365 e. The molecule has 3 rings (SSSR count). The van der Waals surface area contributed by atoms with Gasteiger partial charge in [-0.1, -0.05) is 13.3 Å². The second-order valence-electron chi connectivity index (χ2n) is 5.28. The third kappa shape index (κ3) is 2.93. The van der Waals surface area contributed by atoms with Crippen molar-refractivity contribution in [3.63, 3.8) is 0 Å². The first kappa shape index (κ1) is 14.1. The Morgan fingerprint density at radius 2 is 2.10 bits per heavy atom. The van der Waals surface area contributed by atoms with Crippen molar-refractivity contribution in [3.8, 4) is 0 Å². The van der Waals surface area contributed by atoms with Crippen LogP contribution < -0.4 is 5.32 Å². The van der Waals surface area contributed by atoms with Crippen LogP contribution in [-0.2, 0) is 12.7 Å². The molecule has 1 aliphatic carbocycles. The fourth-order valence-electron chi connectivity index (χ4n) is 2.08. The molecule has 2 heterocycles. The molecule has 0 atom stereocenters. The fraction of sp³-hybridized carbons (Fsp3) is 0.615. The summed E-state index contributed by atoms with van der Waals surface area (Å²) in [7, 11) is 0. The van der Waals surface area contributed by atoms with Crippen LogP contribution in [-0.4, -0.2) is 25.6 Å². The number of hydrogen-bond donors (Lipinski definition) is 1. The molecule has 1 N–H and O–H groups in total. The summed E-state index contributed by atoms with van der Waals surface area (Å²) in [6, 6.07) is 0.199. The van der Waals surface area contributed by atoms with Crippen LogP contribution in [0, 0.1) is 0 Å². The molecular formula is C13H16F3N5. The van der Waals surface area contributed by atoms with Crippen LogP contribution in [0.15, 0.2) is 6.33 Å². The van der Waals surface area contributed by atoms with E-state index in [2.05, 4.69) is 20.3 Å². The van der Waals surface area contributed by atoms with E-state index in [-0.39, 0.29) is 17.5 Å². The number of aryl methyl sites for hydroxylation is 1. The molecule has 21 heavy (non-hydrogen) atoms. The lowest BCUT2D eigenvalue weighted by Gasteiger charge is -2.10. The highest BCUT2D eigenvalue weighted by atomic mass is 19.4. The van der Waals surface area contributed by atoms with Crippen LogP contribution in [0.3, 0.4) is 0 Å². The van der Waals surface area contributed by atoms with Gasteiger partial charge in [-0.05, 0) is 19.3 Å². The Labute approximate surface area is 119 Å². The van der Waals surface area contributed by atoms with Crippen LogP contribution in [0.2, 0.25) is 0 Å². The second-order valence-corrected chi connectivity index (χ2v) is 5.28. The molecule has 1 saturated carbocycles. The van der Waals surface area contributed by atoms with E-state index in [1.807, 2.05) is 6.92 Å². The zero-order valence-corrected chi connectivity index (χ0v) is 11.6. The predicted molar refractivity (Wildman–Crippen MR) is 71.9 cm³/mol. The van der Waals surface area contributed by atoms with Gasteiger partial charge in [0.2, 0.25) is 5.82 Å². The zero-order valence-electron chi connectivity index (χ0n) is 11.6. The first-order valence-electron chi connectivity index (χ1n) is 7.05. The Hall–Kier alpha value is -1.86. The van der Waals surface area contributed by atoms with Crippen molar-refractivity contribution in [1.29, 1.82) is 0 Å². The Morgan fingerprint density at radius 1 is 1.33 bits per heavy atom. The summed E-state index contributed by atoms with van der Waals surface area (Å²) in [5, 5.41) is 3.01. The number of rotatable bonds is 5. The van der Waals surface area contributed by atoms with E-state index < -0.39 is 12.0 Å². The van der Waals surface area contributed by atoms with Gasteiger partial charge in [-0.15, -0.1) is 0 Å². The van der Waals surface area contributed by atoms with Gasteiger partial charge in [0.25, 0.3) is 0 Å². The molecule has 5 nitrogen and oxygen atoms in total. The van der Waals surface area contributed by atoms with Crippen LogP contribution in [0.4, 0.5) is 19.0 Å². The molecule has 0 aromatic carbocycles. The number of nitrogens with one attached hydrogen (secondary N) is 1. The highest BCUT2D eigenvalue weighted by Crippen LogP contribution is 2.32. The molecule has 0 radical (unpaired) electrons. The monoisotopic (exact) mass is 299 g/mol. The Balaban J connectivity index is 2.07. The van der Waals surface area contributed by atoms with Gasteiger partial charge in [-0.2, -0.15) is 13.2 Å². The van der Waals surface area contributed by atoms with Gasteiger partial charge in [0.15, 0.2) is 11.5 Å². The lowest BCUT2D eigenvalue weighted by Crippen LogP contribution is -2.15. The SMILES string of the molecule is CCCCn1cnc2c(NC3CC3)nc(C(F)(F)F)nc21. The second kappa shape index (κ2) is 5.16. The van der Waals surface area contributed by atoms with E-state index in [0.717, 1.165) is 25.7 Å². The maximum absolute atomic E-state index is 13.0. The molecular weight excluding hydrogens is 283 g/mol. The predicted octanol–water partition coefficient (Wildman–Crippen LogP) is 3.22. The summed E-state index contributed by atoms with van der Waals surface area (Å²) in [5.41, 5.74) is 0.653. The quantitative estimate of drug-likeness (QED) is 0.921. The summed E-state index contributed by atoms with van der Waals surface area (Å²) < 4.78 is 40.5. The van der Waals surface area contributed by atoms with Gasteiger partial charge in [-0.25, -0.2) is 15.0 Å². The Morgan fingerprint density at radius 3 is 2.71 bits per heavy atom. The van der Waals surface area contributed by atoms with Crippen LogP contribution in [0.1, 0.15) is 38.4 Å². The Kier molecular flexibility index (Phi) is 3.46. The first-order chi connectivity index (χ1) is 9.99.